The standard InChI is InChI=1S/C22H28N8O3S/c1-14(2)28-18-9-19(30-20-16(12-27-30)8-15(10-23)11-26-20)25-13-17(18)21(31)24-7-6-22(3,4)29-34(5,32)33/h8-9,11-14,29H,6-7H2,1-5H3,(H,24,31)(H,25,28). The summed E-state index contributed by atoms with van der Waals surface area (Å²) in [5, 5.41) is 20.2. The van der Waals surface area contributed by atoms with Crippen LogP contribution < -0.4 is 15.4 Å². The number of hydrogen-bond donors (Lipinski definition) is 3. The topological polar surface area (TPSA) is 155 Å². The number of aromatic nitrogens is 4. The number of nitrogens with zero attached hydrogens (tertiary/aromatic N) is 5. The van der Waals surface area contributed by atoms with Crippen LogP contribution in [0.4, 0.5) is 5.69 Å². The van der Waals surface area contributed by atoms with Crippen molar-refractivity contribution in [2.45, 2.75) is 45.7 Å². The molecule has 3 N–H and O–H groups in total. The summed E-state index contributed by atoms with van der Waals surface area (Å²) in [5.41, 5.74) is 1.19. The predicted octanol–water partition coefficient (Wildman–Crippen LogP) is 1.96. The van der Waals surface area contributed by atoms with E-state index in [-0.39, 0.29) is 18.5 Å². The maximum atomic E-state index is 12.9. The van der Waals surface area contributed by atoms with Crippen LogP contribution in [0, 0.1) is 11.3 Å². The predicted molar refractivity (Wildman–Crippen MR) is 129 cm³/mol. The number of nitriles is 1. The Morgan fingerprint density at radius 2 is 1.94 bits per heavy atom. The molecule has 0 aliphatic rings. The van der Waals surface area contributed by atoms with Gasteiger partial charge in [0.15, 0.2) is 11.5 Å². The molecule has 0 saturated heterocycles. The van der Waals surface area contributed by atoms with Crippen LogP contribution in [0.3, 0.4) is 0 Å². The molecule has 3 heterocycles. The maximum absolute atomic E-state index is 12.9. The number of carbonyl (C=O) groups excluding carboxylic acids is 1. The van der Waals surface area contributed by atoms with E-state index in [1.54, 1.807) is 36.9 Å². The summed E-state index contributed by atoms with van der Waals surface area (Å²) >= 11 is 0. The van der Waals surface area contributed by atoms with Gasteiger partial charge in [-0.2, -0.15) is 15.0 Å². The monoisotopic (exact) mass is 484 g/mol. The summed E-state index contributed by atoms with van der Waals surface area (Å²) in [6.07, 6.45) is 6.04. The molecule has 34 heavy (non-hydrogen) atoms. The molecule has 0 fully saturated rings. The fourth-order valence-corrected chi connectivity index (χ4v) is 4.56. The van der Waals surface area contributed by atoms with Crippen molar-refractivity contribution in [3.05, 3.63) is 41.9 Å². The molecule has 11 nitrogen and oxygen atoms in total. The number of nitrogens with one attached hydrogen (secondary N) is 3. The molecule has 0 aromatic carbocycles. The van der Waals surface area contributed by atoms with Crippen LogP contribution in [0.15, 0.2) is 30.7 Å². The van der Waals surface area contributed by atoms with E-state index in [1.807, 2.05) is 13.8 Å². The minimum absolute atomic E-state index is 0.0466. The summed E-state index contributed by atoms with van der Waals surface area (Å²) in [7, 11) is -3.36. The average molecular weight is 485 g/mol. The van der Waals surface area contributed by atoms with Gasteiger partial charge in [-0.05, 0) is 40.2 Å². The number of amides is 1. The molecule has 1 amide bonds. The highest BCUT2D eigenvalue weighted by molar-refractivity contribution is 7.88. The first kappa shape index (κ1) is 25.1. The number of rotatable bonds is 9. The normalized spacial score (nSPS) is 12.0. The van der Waals surface area contributed by atoms with E-state index in [0.29, 0.717) is 40.1 Å². The SMILES string of the molecule is CC(C)Nc1cc(-n2ncc3cc(C#N)cnc32)ncc1C(=O)NCCC(C)(C)NS(C)(=O)=O. The fraction of sp³-hybridized carbons (Fsp3) is 0.409. The van der Waals surface area contributed by atoms with Crippen molar-refractivity contribution < 1.29 is 13.2 Å². The minimum atomic E-state index is -3.36. The van der Waals surface area contributed by atoms with Crippen molar-refractivity contribution in [1.82, 2.24) is 29.8 Å². The van der Waals surface area contributed by atoms with Gasteiger partial charge in [-0.25, -0.2) is 23.1 Å². The van der Waals surface area contributed by atoms with Gasteiger partial charge in [0.25, 0.3) is 5.91 Å². The lowest BCUT2D eigenvalue weighted by atomic mass is 10.0. The van der Waals surface area contributed by atoms with Crippen molar-refractivity contribution in [2.24, 2.45) is 0 Å². The van der Waals surface area contributed by atoms with Gasteiger partial charge >= 0.3 is 0 Å². The highest BCUT2D eigenvalue weighted by atomic mass is 32.2. The van der Waals surface area contributed by atoms with Crippen molar-refractivity contribution in [3.8, 4) is 11.9 Å². The first-order valence-corrected chi connectivity index (χ1v) is 12.6. The number of fused-ring (bicyclic) bond motifs is 1. The lowest BCUT2D eigenvalue weighted by Gasteiger charge is -2.25. The van der Waals surface area contributed by atoms with Crippen LogP contribution in [-0.4, -0.2) is 58.5 Å². The Morgan fingerprint density at radius 1 is 1.21 bits per heavy atom. The zero-order valence-electron chi connectivity index (χ0n) is 19.7. The molecule has 3 aromatic rings. The molecule has 0 saturated carbocycles. The summed E-state index contributed by atoms with van der Waals surface area (Å²) in [6.45, 7) is 7.69. The smallest absolute Gasteiger partial charge is 0.254 e. The molecule has 0 atom stereocenters. The van der Waals surface area contributed by atoms with Gasteiger partial charge in [-0.1, -0.05) is 0 Å². The van der Waals surface area contributed by atoms with E-state index in [2.05, 4.69) is 36.5 Å². The van der Waals surface area contributed by atoms with Gasteiger partial charge in [0.05, 0.1) is 29.3 Å². The fourth-order valence-electron chi connectivity index (χ4n) is 3.46. The Hall–Kier alpha value is -3.56. The Labute approximate surface area is 198 Å². The third-order valence-electron chi connectivity index (χ3n) is 4.83. The summed E-state index contributed by atoms with van der Waals surface area (Å²) in [4.78, 5) is 21.6. The van der Waals surface area contributed by atoms with E-state index < -0.39 is 15.6 Å². The van der Waals surface area contributed by atoms with E-state index in [9.17, 15) is 13.2 Å². The van der Waals surface area contributed by atoms with Crippen molar-refractivity contribution in [2.75, 3.05) is 18.1 Å². The zero-order valence-corrected chi connectivity index (χ0v) is 20.6. The maximum Gasteiger partial charge on any atom is 0.254 e. The van der Waals surface area contributed by atoms with E-state index in [4.69, 9.17) is 5.26 Å². The number of sulfonamides is 1. The zero-order chi connectivity index (χ0) is 25.1. The highest BCUT2D eigenvalue weighted by Gasteiger charge is 2.23. The lowest BCUT2D eigenvalue weighted by Crippen LogP contribution is -2.45. The average Bonchev–Trinajstić information content (AvgIpc) is 3.14. The van der Waals surface area contributed by atoms with Gasteiger partial charge in [-0.3, -0.25) is 4.79 Å². The first-order valence-electron chi connectivity index (χ1n) is 10.7. The molecule has 0 bridgehead atoms. The molecule has 0 unspecified atom stereocenters. The van der Waals surface area contributed by atoms with Crippen LogP contribution in [0.1, 0.15) is 50.0 Å². The van der Waals surface area contributed by atoms with Crippen molar-refractivity contribution in [1.29, 1.82) is 5.26 Å². The van der Waals surface area contributed by atoms with Crippen LogP contribution >= 0.6 is 0 Å². The molecule has 0 radical (unpaired) electrons. The Bertz CT molecular complexity index is 1360. The number of pyridine rings is 2. The molecule has 180 valence electrons. The van der Waals surface area contributed by atoms with Gasteiger partial charge in [0.1, 0.15) is 6.07 Å². The van der Waals surface area contributed by atoms with Gasteiger partial charge in [0, 0.05) is 42.0 Å². The number of hydrogen-bond acceptors (Lipinski definition) is 8. The molecule has 3 rings (SSSR count). The van der Waals surface area contributed by atoms with Crippen LogP contribution in [0.5, 0.6) is 0 Å². The molecule has 3 aromatic heterocycles. The van der Waals surface area contributed by atoms with E-state index in [1.165, 1.54) is 12.4 Å². The second kappa shape index (κ2) is 9.74. The second-order valence-electron chi connectivity index (χ2n) is 8.96. The summed E-state index contributed by atoms with van der Waals surface area (Å²) < 4.78 is 27.1. The van der Waals surface area contributed by atoms with Crippen molar-refractivity contribution >= 4 is 32.7 Å². The van der Waals surface area contributed by atoms with Gasteiger partial charge in [0.2, 0.25) is 10.0 Å². The van der Waals surface area contributed by atoms with Crippen LogP contribution in [0.2, 0.25) is 0 Å². The molecule has 0 spiro atoms. The molecular formula is C22H28N8O3S. The molecule has 0 aliphatic heterocycles. The second-order valence-corrected chi connectivity index (χ2v) is 10.7. The quantitative estimate of drug-likeness (QED) is 0.416. The van der Waals surface area contributed by atoms with E-state index >= 15 is 0 Å². The number of carbonyl (C=O) groups is 1. The highest BCUT2D eigenvalue weighted by Crippen LogP contribution is 2.22. The largest absolute Gasteiger partial charge is 0.382 e. The van der Waals surface area contributed by atoms with Gasteiger partial charge < -0.3 is 10.6 Å². The summed E-state index contributed by atoms with van der Waals surface area (Å²) in [5.74, 6) is 0.129. The molecule has 0 aliphatic carbocycles. The Morgan fingerprint density at radius 3 is 2.59 bits per heavy atom. The first-order chi connectivity index (χ1) is 15.9. The minimum Gasteiger partial charge on any atom is -0.382 e. The third-order valence-corrected chi connectivity index (χ3v) is 5.75. The number of anilines is 1. The Balaban J connectivity index is 1.84. The van der Waals surface area contributed by atoms with Crippen LogP contribution in [-0.2, 0) is 10.0 Å². The van der Waals surface area contributed by atoms with E-state index in [0.717, 1.165) is 6.26 Å². The third kappa shape index (κ3) is 6.27. The summed E-state index contributed by atoms with van der Waals surface area (Å²) in [6, 6.07) is 5.51. The van der Waals surface area contributed by atoms with Crippen molar-refractivity contribution in [3.63, 3.8) is 0 Å². The molecular weight excluding hydrogens is 456 g/mol. The lowest BCUT2D eigenvalue weighted by molar-refractivity contribution is 0.0951. The van der Waals surface area contributed by atoms with Gasteiger partial charge in [-0.15, -0.1) is 0 Å². The molecule has 12 heteroatoms. The van der Waals surface area contributed by atoms with Crippen LogP contribution in [0.25, 0.3) is 16.9 Å². The Kier molecular flexibility index (Phi) is 7.18.